The summed E-state index contributed by atoms with van der Waals surface area (Å²) < 4.78 is 5.33. The number of fused-ring (bicyclic) bond motifs is 1. The first kappa shape index (κ1) is 9.34. The molecule has 1 aromatic carbocycles. The highest BCUT2D eigenvalue weighted by molar-refractivity contribution is 5.63. The Balaban J connectivity index is 2.31. The van der Waals surface area contributed by atoms with Gasteiger partial charge in [-0.2, -0.15) is 0 Å². The summed E-state index contributed by atoms with van der Waals surface area (Å²) >= 11 is 0. The molecule has 0 unspecified atom stereocenters. The lowest BCUT2D eigenvalue weighted by Gasteiger charge is -2.18. The molecule has 0 fully saturated rings. The van der Waals surface area contributed by atoms with Crippen molar-refractivity contribution < 1.29 is 4.74 Å². The fourth-order valence-corrected chi connectivity index (χ4v) is 2.05. The van der Waals surface area contributed by atoms with E-state index in [2.05, 4.69) is 11.0 Å². The van der Waals surface area contributed by atoms with E-state index < -0.39 is 0 Å². The second kappa shape index (κ2) is 3.88. The van der Waals surface area contributed by atoms with Crippen molar-refractivity contribution in [2.75, 3.05) is 31.6 Å². The number of benzene rings is 1. The Bertz CT molecular complexity index is 325. The standard InChI is InChI=1S/C11H16N2O/c1-14-11-4-2-3-10-9(11)5-7-13(10)8-6-12/h2-4H,5-8,12H2,1H3. The minimum absolute atomic E-state index is 0.705. The van der Waals surface area contributed by atoms with Crippen LogP contribution in [0.5, 0.6) is 5.75 Å². The Labute approximate surface area is 84.5 Å². The van der Waals surface area contributed by atoms with E-state index in [1.54, 1.807) is 7.11 Å². The van der Waals surface area contributed by atoms with Crippen LogP contribution in [0.1, 0.15) is 5.56 Å². The number of methoxy groups -OCH3 is 1. The van der Waals surface area contributed by atoms with Crippen LogP contribution < -0.4 is 15.4 Å². The lowest BCUT2D eigenvalue weighted by molar-refractivity contribution is 0.411. The van der Waals surface area contributed by atoms with Gasteiger partial charge in [-0.15, -0.1) is 0 Å². The quantitative estimate of drug-likeness (QED) is 0.777. The van der Waals surface area contributed by atoms with Crippen LogP contribution in [0, 0.1) is 0 Å². The Morgan fingerprint density at radius 2 is 2.36 bits per heavy atom. The molecule has 0 atom stereocenters. The van der Waals surface area contributed by atoms with Crippen LogP contribution in [0.2, 0.25) is 0 Å². The maximum Gasteiger partial charge on any atom is 0.124 e. The third-order valence-corrected chi connectivity index (χ3v) is 2.70. The van der Waals surface area contributed by atoms with Crippen LogP contribution in [-0.2, 0) is 6.42 Å². The first-order chi connectivity index (χ1) is 6.86. The summed E-state index contributed by atoms with van der Waals surface area (Å²) in [7, 11) is 1.72. The molecule has 3 nitrogen and oxygen atoms in total. The third-order valence-electron chi connectivity index (χ3n) is 2.70. The number of rotatable bonds is 3. The molecular weight excluding hydrogens is 176 g/mol. The second-order valence-corrected chi connectivity index (χ2v) is 3.48. The molecule has 0 amide bonds. The molecule has 1 aromatic rings. The topological polar surface area (TPSA) is 38.5 Å². The molecule has 76 valence electrons. The van der Waals surface area contributed by atoms with Crippen molar-refractivity contribution in [2.45, 2.75) is 6.42 Å². The fourth-order valence-electron chi connectivity index (χ4n) is 2.05. The Morgan fingerprint density at radius 3 is 3.07 bits per heavy atom. The highest BCUT2D eigenvalue weighted by atomic mass is 16.5. The number of anilines is 1. The van der Waals surface area contributed by atoms with Gasteiger partial charge in [-0.1, -0.05) is 6.07 Å². The summed E-state index contributed by atoms with van der Waals surface area (Å²) in [4.78, 5) is 2.32. The van der Waals surface area contributed by atoms with E-state index in [4.69, 9.17) is 10.5 Å². The van der Waals surface area contributed by atoms with E-state index in [0.29, 0.717) is 6.54 Å². The predicted octanol–water partition coefficient (Wildman–Crippen LogP) is 1.02. The maximum absolute atomic E-state index is 5.56. The van der Waals surface area contributed by atoms with Gasteiger partial charge in [0.2, 0.25) is 0 Å². The van der Waals surface area contributed by atoms with E-state index in [1.165, 1.54) is 11.3 Å². The first-order valence-electron chi connectivity index (χ1n) is 4.97. The molecular formula is C11H16N2O. The summed E-state index contributed by atoms with van der Waals surface area (Å²) in [6, 6.07) is 6.19. The van der Waals surface area contributed by atoms with E-state index in [1.807, 2.05) is 12.1 Å². The summed E-state index contributed by atoms with van der Waals surface area (Å²) in [5, 5.41) is 0. The summed E-state index contributed by atoms with van der Waals surface area (Å²) in [6.45, 7) is 2.70. The van der Waals surface area contributed by atoms with Crippen LogP contribution in [0.15, 0.2) is 18.2 Å². The van der Waals surface area contributed by atoms with Gasteiger partial charge in [0.05, 0.1) is 7.11 Å². The number of nitrogens with two attached hydrogens (primary N) is 1. The molecule has 0 spiro atoms. The maximum atomic E-state index is 5.56. The first-order valence-corrected chi connectivity index (χ1v) is 4.97. The van der Waals surface area contributed by atoms with Crippen molar-refractivity contribution in [2.24, 2.45) is 5.73 Å². The van der Waals surface area contributed by atoms with Gasteiger partial charge in [0.25, 0.3) is 0 Å². The third kappa shape index (κ3) is 1.44. The molecule has 0 saturated carbocycles. The molecule has 2 rings (SSSR count). The largest absolute Gasteiger partial charge is 0.496 e. The zero-order valence-electron chi connectivity index (χ0n) is 8.49. The number of ether oxygens (including phenoxy) is 1. The zero-order chi connectivity index (χ0) is 9.97. The SMILES string of the molecule is COc1cccc2c1CCN2CCN. The normalized spacial score (nSPS) is 14.3. The lowest BCUT2D eigenvalue weighted by atomic mass is 10.1. The molecule has 1 aliphatic heterocycles. The summed E-state index contributed by atoms with van der Waals surface area (Å²) in [6.07, 6.45) is 1.07. The van der Waals surface area contributed by atoms with Crippen LogP contribution in [0.3, 0.4) is 0 Å². The van der Waals surface area contributed by atoms with Crippen molar-refractivity contribution >= 4 is 5.69 Å². The molecule has 0 aliphatic carbocycles. The molecule has 1 heterocycles. The van der Waals surface area contributed by atoms with Crippen LogP contribution in [0.4, 0.5) is 5.69 Å². The van der Waals surface area contributed by atoms with Crippen molar-refractivity contribution in [3.63, 3.8) is 0 Å². The predicted molar refractivity (Wildman–Crippen MR) is 58.0 cm³/mol. The molecule has 0 radical (unpaired) electrons. The molecule has 0 saturated heterocycles. The van der Waals surface area contributed by atoms with Gasteiger partial charge in [0.1, 0.15) is 5.75 Å². The van der Waals surface area contributed by atoms with Crippen LogP contribution >= 0.6 is 0 Å². The molecule has 1 aliphatic rings. The monoisotopic (exact) mass is 192 g/mol. The van der Waals surface area contributed by atoms with E-state index >= 15 is 0 Å². The minimum Gasteiger partial charge on any atom is -0.496 e. The zero-order valence-corrected chi connectivity index (χ0v) is 8.49. The number of hydrogen-bond donors (Lipinski definition) is 1. The van der Waals surface area contributed by atoms with Crippen molar-refractivity contribution in [1.82, 2.24) is 0 Å². The fraction of sp³-hybridized carbons (Fsp3) is 0.455. The highest BCUT2D eigenvalue weighted by Crippen LogP contribution is 2.34. The van der Waals surface area contributed by atoms with Gasteiger partial charge in [-0.3, -0.25) is 0 Å². The van der Waals surface area contributed by atoms with Crippen LogP contribution in [0.25, 0.3) is 0 Å². The Kier molecular flexibility index (Phi) is 2.59. The van der Waals surface area contributed by atoms with Crippen molar-refractivity contribution in [1.29, 1.82) is 0 Å². The van der Waals surface area contributed by atoms with Gasteiger partial charge in [0.15, 0.2) is 0 Å². The average Bonchev–Trinajstić information content (AvgIpc) is 2.62. The van der Waals surface area contributed by atoms with Gasteiger partial charge in [0, 0.05) is 30.9 Å². The van der Waals surface area contributed by atoms with Crippen LogP contribution in [-0.4, -0.2) is 26.7 Å². The molecule has 3 heteroatoms. The Morgan fingerprint density at radius 1 is 1.50 bits per heavy atom. The molecule has 0 aromatic heterocycles. The minimum atomic E-state index is 0.705. The lowest BCUT2D eigenvalue weighted by Crippen LogP contribution is -2.27. The van der Waals surface area contributed by atoms with Crippen molar-refractivity contribution in [3.8, 4) is 5.75 Å². The highest BCUT2D eigenvalue weighted by Gasteiger charge is 2.20. The van der Waals surface area contributed by atoms with E-state index in [0.717, 1.165) is 25.3 Å². The summed E-state index contributed by atoms with van der Waals surface area (Å²) in [5.74, 6) is 1.00. The van der Waals surface area contributed by atoms with Gasteiger partial charge in [-0.25, -0.2) is 0 Å². The Hall–Kier alpha value is -1.22. The molecule has 14 heavy (non-hydrogen) atoms. The number of nitrogens with zero attached hydrogens (tertiary/aromatic N) is 1. The van der Waals surface area contributed by atoms with Crippen molar-refractivity contribution in [3.05, 3.63) is 23.8 Å². The smallest absolute Gasteiger partial charge is 0.124 e. The second-order valence-electron chi connectivity index (χ2n) is 3.48. The summed E-state index contributed by atoms with van der Waals surface area (Å²) in [5.41, 5.74) is 8.17. The van der Waals surface area contributed by atoms with E-state index in [9.17, 15) is 0 Å². The average molecular weight is 192 g/mol. The molecule has 2 N–H and O–H groups in total. The molecule has 0 bridgehead atoms. The van der Waals surface area contributed by atoms with Gasteiger partial charge in [-0.05, 0) is 18.6 Å². The van der Waals surface area contributed by atoms with Gasteiger partial charge < -0.3 is 15.4 Å². The van der Waals surface area contributed by atoms with E-state index in [-0.39, 0.29) is 0 Å². The van der Waals surface area contributed by atoms with Gasteiger partial charge >= 0.3 is 0 Å². The number of hydrogen-bond acceptors (Lipinski definition) is 3.